The van der Waals surface area contributed by atoms with E-state index in [4.69, 9.17) is 5.73 Å². The maximum atomic E-state index is 5.88. The molecule has 0 spiro atoms. The summed E-state index contributed by atoms with van der Waals surface area (Å²) in [6, 6.07) is 1.93. The van der Waals surface area contributed by atoms with E-state index >= 15 is 0 Å². The molecule has 2 rings (SSSR count). The lowest BCUT2D eigenvalue weighted by atomic mass is 10.1. The Bertz CT molecular complexity index is 531. The van der Waals surface area contributed by atoms with Crippen LogP contribution in [0.2, 0.25) is 0 Å². The Morgan fingerprint density at radius 2 is 2.12 bits per heavy atom. The van der Waals surface area contributed by atoms with Crippen LogP contribution in [0.25, 0.3) is 11.4 Å². The summed E-state index contributed by atoms with van der Waals surface area (Å²) in [6.07, 6.45) is 4.50. The van der Waals surface area contributed by atoms with Gasteiger partial charge in [-0.2, -0.15) is 0 Å². The minimum atomic E-state index is 0.534. The lowest BCUT2D eigenvalue weighted by molar-refractivity contribution is 1.06. The SMILES string of the molecule is CCc1cnccc1-c1nc(C)c(I)c(N)n1. The molecule has 2 N–H and O–H groups in total. The number of halogens is 1. The molecular formula is C12H13IN4. The van der Waals surface area contributed by atoms with E-state index in [2.05, 4.69) is 44.5 Å². The number of nitrogens with zero attached hydrogens (tertiary/aromatic N) is 3. The van der Waals surface area contributed by atoms with E-state index in [9.17, 15) is 0 Å². The van der Waals surface area contributed by atoms with Crippen LogP contribution in [0.5, 0.6) is 0 Å². The largest absolute Gasteiger partial charge is 0.383 e. The second-order valence-electron chi connectivity index (χ2n) is 3.72. The molecule has 0 aliphatic heterocycles. The van der Waals surface area contributed by atoms with E-state index in [1.807, 2.05) is 19.2 Å². The molecule has 0 aliphatic rings. The van der Waals surface area contributed by atoms with Crippen molar-refractivity contribution in [3.05, 3.63) is 33.3 Å². The maximum Gasteiger partial charge on any atom is 0.162 e. The molecule has 2 aromatic heterocycles. The second kappa shape index (κ2) is 4.95. The molecule has 0 atom stereocenters. The van der Waals surface area contributed by atoms with Crippen molar-refractivity contribution in [3.63, 3.8) is 0 Å². The quantitative estimate of drug-likeness (QED) is 0.854. The summed E-state index contributed by atoms with van der Waals surface area (Å²) < 4.78 is 0.915. The Kier molecular flexibility index (Phi) is 3.56. The molecule has 0 unspecified atom stereocenters. The predicted octanol–water partition coefficient (Wildman–Crippen LogP) is 2.60. The van der Waals surface area contributed by atoms with Gasteiger partial charge >= 0.3 is 0 Å². The summed E-state index contributed by atoms with van der Waals surface area (Å²) in [6.45, 7) is 4.03. The summed E-state index contributed by atoms with van der Waals surface area (Å²) in [5.41, 5.74) is 8.93. The second-order valence-corrected chi connectivity index (χ2v) is 4.80. The van der Waals surface area contributed by atoms with E-state index < -0.39 is 0 Å². The van der Waals surface area contributed by atoms with Gasteiger partial charge in [-0.15, -0.1) is 0 Å². The molecule has 0 saturated carbocycles. The maximum absolute atomic E-state index is 5.88. The van der Waals surface area contributed by atoms with Crippen molar-refractivity contribution in [1.82, 2.24) is 15.0 Å². The van der Waals surface area contributed by atoms with Gasteiger partial charge in [-0.1, -0.05) is 6.92 Å². The lowest BCUT2D eigenvalue weighted by Gasteiger charge is -2.08. The van der Waals surface area contributed by atoms with Crippen molar-refractivity contribution < 1.29 is 0 Å². The Morgan fingerprint density at radius 1 is 1.35 bits per heavy atom. The Balaban J connectivity index is 2.61. The molecular weight excluding hydrogens is 327 g/mol. The van der Waals surface area contributed by atoms with Crippen LogP contribution in [-0.4, -0.2) is 15.0 Å². The molecule has 88 valence electrons. The molecule has 0 aliphatic carbocycles. The van der Waals surface area contributed by atoms with E-state index in [1.165, 1.54) is 0 Å². The fraction of sp³-hybridized carbons (Fsp3) is 0.250. The highest BCUT2D eigenvalue weighted by molar-refractivity contribution is 14.1. The summed E-state index contributed by atoms with van der Waals surface area (Å²) in [5, 5.41) is 0. The minimum Gasteiger partial charge on any atom is -0.383 e. The van der Waals surface area contributed by atoms with Crippen LogP contribution >= 0.6 is 22.6 Å². The first-order valence-corrected chi connectivity index (χ1v) is 6.44. The van der Waals surface area contributed by atoms with Gasteiger partial charge < -0.3 is 5.73 Å². The number of aryl methyl sites for hydroxylation is 2. The third-order valence-corrected chi connectivity index (χ3v) is 3.90. The van der Waals surface area contributed by atoms with Gasteiger partial charge in [-0.25, -0.2) is 9.97 Å². The zero-order valence-corrected chi connectivity index (χ0v) is 11.9. The van der Waals surface area contributed by atoms with Gasteiger partial charge in [0.2, 0.25) is 0 Å². The van der Waals surface area contributed by atoms with Crippen molar-refractivity contribution in [2.24, 2.45) is 0 Å². The number of pyridine rings is 1. The third-order valence-electron chi connectivity index (χ3n) is 2.57. The number of anilines is 1. The molecule has 5 heteroatoms. The third kappa shape index (κ3) is 2.38. The van der Waals surface area contributed by atoms with Gasteiger partial charge in [-0.05, 0) is 47.6 Å². The van der Waals surface area contributed by atoms with Crippen molar-refractivity contribution in [1.29, 1.82) is 0 Å². The van der Waals surface area contributed by atoms with Crippen LogP contribution in [0.1, 0.15) is 18.2 Å². The van der Waals surface area contributed by atoms with E-state index in [0.717, 1.165) is 26.8 Å². The van der Waals surface area contributed by atoms with Crippen molar-refractivity contribution in [2.45, 2.75) is 20.3 Å². The Morgan fingerprint density at radius 3 is 2.76 bits per heavy atom. The van der Waals surface area contributed by atoms with Gasteiger partial charge in [0.25, 0.3) is 0 Å². The lowest BCUT2D eigenvalue weighted by Crippen LogP contribution is -2.03. The number of nitrogens with two attached hydrogens (primary N) is 1. The van der Waals surface area contributed by atoms with Crippen LogP contribution in [0.4, 0.5) is 5.82 Å². The summed E-state index contributed by atoms with van der Waals surface area (Å²) in [5.74, 6) is 1.21. The van der Waals surface area contributed by atoms with Gasteiger partial charge in [0.05, 0.1) is 9.26 Å². The van der Waals surface area contributed by atoms with Gasteiger partial charge in [0, 0.05) is 18.0 Å². The number of nitrogen functional groups attached to an aromatic ring is 1. The van der Waals surface area contributed by atoms with Crippen LogP contribution in [0.3, 0.4) is 0 Å². The zero-order valence-electron chi connectivity index (χ0n) is 9.74. The van der Waals surface area contributed by atoms with Crippen LogP contribution in [0.15, 0.2) is 18.5 Å². The molecule has 2 heterocycles. The fourth-order valence-electron chi connectivity index (χ4n) is 1.63. The molecule has 0 fully saturated rings. The van der Waals surface area contributed by atoms with Gasteiger partial charge in [-0.3, -0.25) is 4.98 Å². The van der Waals surface area contributed by atoms with Crippen LogP contribution in [0, 0.1) is 10.5 Å². The molecule has 4 nitrogen and oxygen atoms in total. The fourth-order valence-corrected chi connectivity index (χ4v) is 1.87. The average molecular weight is 340 g/mol. The topological polar surface area (TPSA) is 64.7 Å². The molecule has 17 heavy (non-hydrogen) atoms. The van der Waals surface area contributed by atoms with Gasteiger partial charge in [0.15, 0.2) is 5.82 Å². The Hall–Kier alpha value is -1.24. The summed E-state index contributed by atoms with van der Waals surface area (Å²) in [4.78, 5) is 12.9. The monoisotopic (exact) mass is 340 g/mol. The van der Waals surface area contributed by atoms with Crippen molar-refractivity contribution >= 4 is 28.4 Å². The smallest absolute Gasteiger partial charge is 0.162 e. The normalized spacial score (nSPS) is 10.5. The number of hydrogen-bond acceptors (Lipinski definition) is 4. The molecule has 2 aromatic rings. The number of aromatic nitrogens is 3. The van der Waals surface area contributed by atoms with E-state index in [-0.39, 0.29) is 0 Å². The van der Waals surface area contributed by atoms with E-state index in [1.54, 1.807) is 6.20 Å². The molecule has 0 amide bonds. The number of hydrogen-bond donors (Lipinski definition) is 1. The first-order chi connectivity index (χ1) is 8.13. The Labute approximate surface area is 114 Å². The molecule has 0 aromatic carbocycles. The van der Waals surface area contributed by atoms with Crippen molar-refractivity contribution in [2.75, 3.05) is 5.73 Å². The van der Waals surface area contributed by atoms with Crippen LogP contribution < -0.4 is 5.73 Å². The highest BCUT2D eigenvalue weighted by atomic mass is 127. The summed E-state index contributed by atoms with van der Waals surface area (Å²) >= 11 is 2.16. The van der Waals surface area contributed by atoms with Gasteiger partial charge in [0.1, 0.15) is 5.82 Å². The molecule has 0 saturated heterocycles. The molecule has 0 radical (unpaired) electrons. The highest BCUT2D eigenvalue weighted by Crippen LogP contribution is 2.24. The van der Waals surface area contributed by atoms with Crippen molar-refractivity contribution in [3.8, 4) is 11.4 Å². The first-order valence-electron chi connectivity index (χ1n) is 5.36. The summed E-state index contributed by atoms with van der Waals surface area (Å²) in [7, 11) is 0. The number of rotatable bonds is 2. The molecule has 0 bridgehead atoms. The standard InChI is InChI=1S/C12H13IN4/c1-3-8-6-15-5-4-9(8)12-16-7(2)10(13)11(14)17-12/h4-6H,3H2,1-2H3,(H2,14,16,17). The van der Waals surface area contributed by atoms with Crippen LogP contribution in [-0.2, 0) is 6.42 Å². The highest BCUT2D eigenvalue weighted by Gasteiger charge is 2.11. The van der Waals surface area contributed by atoms with E-state index in [0.29, 0.717) is 11.6 Å². The predicted molar refractivity (Wildman–Crippen MR) is 76.5 cm³/mol. The average Bonchev–Trinajstić information content (AvgIpc) is 2.35. The zero-order chi connectivity index (χ0) is 12.4. The minimum absolute atomic E-state index is 0.534. The first kappa shape index (κ1) is 12.2.